The van der Waals surface area contributed by atoms with Crippen LogP contribution in [0.15, 0.2) is 24.3 Å². The van der Waals surface area contributed by atoms with Gasteiger partial charge in [0.25, 0.3) is 5.91 Å². The Morgan fingerprint density at radius 1 is 1.33 bits per heavy atom. The minimum absolute atomic E-state index is 0.336. The Morgan fingerprint density at radius 2 is 1.94 bits per heavy atom. The highest BCUT2D eigenvalue weighted by Crippen LogP contribution is 2.13. The van der Waals surface area contributed by atoms with Crippen LogP contribution >= 0.6 is 0 Å². The lowest BCUT2D eigenvalue weighted by Crippen LogP contribution is -2.31. The number of aryl methyl sites for hydroxylation is 1. The van der Waals surface area contributed by atoms with Gasteiger partial charge in [-0.1, -0.05) is 29.8 Å². The molecule has 0 spiro atoms. The molecule has 4 heteroatoms. The molecule has 0 saturated heterocycles. The van der Waals surface area contributed by atoms with Gasteiger partial charge in [0.1, 0.15) is 0 Å². The van der Waals surface area contributed by atoms with Gasteiger partial charge in [-0.25, -0.2) is 0 Å². The minimum atomic E-state index is -1.08. The SMILES string of the molecule is Cc1ccc(C(O)C(=O)NCCCN(C)C)cc1. The van der Waals surface area contributed by atoms with Crippen molar-refractivity contribution < 1.29 is 9.90 Å². The van der Waals surface area contributed by atoms with Crippen molar-refractivity contribution in [1.29, 1.82) is 0 Å². The van der Waals surface area contributed by atoms with Gasteiger partial charge < -0.3 is 15.3 Å². The first kappa shape index (κ1) is 14.7. The summed E-state index contributed by atoms with van der Waals surface area (Å²) in [5.74, 6) is -0.336. The normalized spacial score (nSPS) is 12.5. The highest BCUT2D eigenvalue weighted by Gasteiger charge is 2.16. The van der Waals surface area contributed by atoms with Gasteiger partial charge in [0.05, 0.1) is 0 Å². The highest BCUT2D eigenvalue weighted by molar-refractivity contribution is 5.81. The molecule has 2 N–H and O–H groups in total. The second-order valence-corrected chi connectivity index (χ2v) is 4.76. The fraction of sp³-hybridized carbons (Fsp3) is 0.500. The summed E-state index contributed by atoms with van der Waals surface area (Å²) in [6.07, 6.45) is -0.204. The highest BCUT2D eigenvalue weighted by atomic mass is 16.3. The Kier molecular flexibility index (Phi) is 5.82. The average Bonchev–Trinajstić information content (AvgIpc) is 2.34. The van der Waals surface area contributed by atoms with Crippen LogP contribution in [-0.4, -0.2) is 43.1 Å². The van der Waals surface area contributed by atoms with Gasteiger partial charge in [-0.2, -0.15) is 0 Å². The molecular formula is C14H22N2O2. The van der Waals surface area contributed by atoms with E-state index in [-0.39, 0.29) is 5.91 Å². The lowest BCUT2D eigenvalue weighted by molar-refractivity contribution is -0.129. The molecule has 1 rings (SSSR count). The van der Waals surface area contributed by atoms with Crippen molar-refractivity contribution in [3.8, 4) is 0 Å². The van der Waals surface area contributed by atoms with Crippen molar-refractivity contribution in [2.45, 2.75) is 19.4 Å². The number of aliphatic hydroxyl groups is 1. The van der Waals surface area contributed by atoms with Gasteiger partial charge in [0.2, 0.25) is 0 Å². The summed E-state index contributed by atoms with van der Waals surface area (Å²) in [6.45, 7) is 3.47. The molecule has 1 atom stereocenters. The predicted molar refractivity (Wildman–Crippen MR) is 72.3 cm³/mol. The first-order chi connectivity index (χ1) is 8.50. The van der Waals surface area contributed by atoms with E-state index in [9.17, 15) is 9.90 Å². The van der Waals surface area contributed by atoms with Crippen LogP contribution in [0.3, 0.4) is 0 Å². The van der Waals surface area contributed by atoms with Gasteiger partial charge >= 0.3 is 0 Å². The lowest BCUT2D eigenvalue weighted by Gasteiger charge is -2.13. The van der Waals surface area contributed by atoms with Crippen molar-refractivity contribution in [3.63, 3.8) is 0 Å². The number of hydrogen-bond acceptors (Lipinski definition) is 3. The largest absolute Gasteiger partial charge is 0.378 e. The summed E-state index contributed by atoms with van der Waals surface area (Å²) >= 11 is 0. The molecular weight excluding hydrogens is 228 g/mol. The van der Waals surface area contributed by atoms with Gasteiger partial charge in [0, 0.05) is 6.54 Å². The Labute approximate surface area is 109 Å². The molecule has 0 fully saturated rings. The number of carbonyl (C=O) groups excluding carboxylic acids is 1. The number of nitrogens with zero attached hydrogens (tertiary/aromatic N) is 1. The van der Waals surface area contributed by atoms with E-state index in [0.717, 1.165) is 18.5 Å². The number of rotatable bonds is 6. The first-order valence-corrected chi connectivity index (χ1v) is 6.18. The molecule has 1 aromatic carbocycles. The van der Waals surface area contributed by atoms with Crippen LogP contribution in [0, 0.1) is 6.92 Å². The molecule has 0 bridgehead atoms. The van der Waals surface area contributed by atoms with Crippen molar-refractivity contribution in [1.82, 2.24) is 10.2 Å². The molecule has 1 aromatic rings. The van der Waals surface area contributed by atoms with Crippen LogP contribution in [0.25, 0.3) is 0 Å². The van der Waals surface area contributed by atoms with E-state index in [1.54, 1.807) is 12.1 Å². The van der Waals surface area contributed by atoms with Crippen LogP contribution in [0.1, 0.15) is 23.7 Å². The molecule has 0 aromatic heterocycles. The number of aliphatic hydroxyl groups excluding tert-OH is 1. The third-order valence-corrected chi connectivity index (χ3v) is 2.72. The second kappa shape index (κ2) is 7.13. The summed E-state index contributed by atoms with van der Waals surface area (Å²) < 4.78 is 0. The maximum Gasteiger partial charge on any atom is 0.253 e. The number of carbonyl (C=O) groups is 1. The minimum Gasteiger partial charge on any atom is -0.378 e. The smallest absolute Gasteiger partial charge is 0.253 e. The molecule has 1 amide bonds. The van der Waals surface area contributed by atoms with Gasteiger partial charge in [0.15, 0.2) is 6.10 Å². The zero-order valence-corrected chi connectivity index (χ0v) is 11.3. The Balaban J connectivity index is 2.39. The monoisotopic (exact) mass is 250 g/mol. The number of nitrogens with one attached hydrogen (secondary N) is 1. The molecule has 100 valence electrons. The number of benzene rings is 1. The summed E-state index contributed by atoms with van der Waals surface area (Å²) in [5, 5.41) is 12.6. The van der Waals surface area contributed by atoms with Crippen molar-refractivity contribution in [2.75, 3.05) is 27.2 Å². The molecule has 4 nitrogen and oxygen atoms in total. The number of hydrogen-bond donors (Lipinski definition) is 2. The lowest BCUT2D eigenvalue weighted by atomic mass is 10.1. The Morgan fingerprint density at radius 3 is 2.50 bits per heavy atom. The van der Waals surface area contributed by atoms with Crippen molar-refractivity contribution in [3.05, 3.63) is 35.4 Å². The second-order valence-electron chi connectivity index (χ2n) is 4.76. The third kappa shape index (κ3) is 4.85. The fourth-order valence-corrected chi connectivity index (χ4v) is 1.60. The van der Waals surface area contributed by atoms with Crippen LogP contribution in [-0.2, 0) is 4.79 Å². The topological polar surface area (TPSA) is 52.6 Å². The molecule has 18 heavy (non-hydrogen) atoms. The molecule has 0 aliphatic carbocycles. The van der Waals surface area contributed by atoms with Crippen LogP contribution in [0.4, 0.5) is 0 Å². The standard InChI is InChI=1S/C14H22N2O2/c1-11-5-7-12(8-6-11)13(17)14(18)15-9-4-10-16(2)3/h5-8,13,17H,4,9-10H2,1-3H3,(H,15,18). The summed E-state index contributed by atoms with van der Waals surface area (Å²) in [4.78, 5) is 13.8. The summed E-state index contributed by atoms with van der Waals surface area (Å²) in [7, 11) is 3.98. The quantitative estimate of drug-likeness (QED) is 0.743. The Hall–Kier alpha value is -1.39. The molecule has 0 radical (unpaired) electrons. The zero-order chi connectivity index (χ0) is 13.5. The van der Waals surface area contributed by atoms with Crippen molar-refractivity contribution >= 4 is 5.91 Å². The molecule has 0 aliphatic heterocycles. The van der Waals surface area contributed by atoms with Gasteiger partial charge in [-0.05, 0) is 39.5 Å². The molecule has 1 unspecified atom stereocenters. The van der Waals surface area contributed by atoms with E-state index >= 15 is 0 Å². The molecule has 0 saturated carbocycles. The van der Waals surface area contributed by atoms with E-state index < -0.39 is 6.10 Å². The van der Waals surface area contributed by atoms with E-state index in [2.05, 4.69) is 10.2 Å². The summed E-state index contributed by atoms with van der Waals surface area (Å²) in [5.41, 5.74) is 1.74. The molecule has 0 aliphatic rings. The van der Waals surface area contributed by atoms with E-state index in [1.165, 1.54) is 0 Å². The Bertz CT molecular complexity index is 374. The van der Waals surface area contributed by atoms with Crippen LogP contribution in [0.2, 0.25) is 0 Å². The van der Waals surface area contributed by atoms with E-state index in [4.69, 9.17) is 0 Å². The van der Waals surface area contributed by atoms with Crippen LogP contribution < -0.4 is 5.32 Å². The molecule has 0 heterocycles. The maximum atomic E-state index is 11.7. The number of amides is 1. The third-order valence-electron chi connectivity index (χ3n) is 2.72. The first-order valence-electron chi connectivity index (χ1n) is 6.18. The van der Waals surface area contributed by atoms with E-state index in [0.29, 0.717) is 12.1 Å². The zero-order valence-electron chi connectivity index (χ0n) is 11.3. The van der Waals surface area contributed by atoms with Gasteiger partial charge in [-0.15, -0.1) is 0 Å². The fourth-order valence-electron chi connectivity index (χ4n) is 1.60. The maximum absolute atomic E-state index is 11.7. The average molecular weight is 250 g/mol. The van der Waals surface area contributed by atoms with Crippen molar-refractivity contribution in [2.24, 2.45) is 0 Å². The predicted octanol–water partition coefficient (Wildman–Crippen LogP) is 1.10. The van der Waals surface area contributed by atoms with Gasteiger partial charge in [-0.3, -0.25) is 4.79 Å². The van der Waals surface area contributed by atoms with E-state index in [1.807, 2.05) is 33.2 Å². The van der Waals surface area contributed by atoms with Crippen LogP contribution in [0.5, 0.6) is 0 Å². The summed E-state index contributed by atoms with van der Waals surface area (Å²) in [6, 6.07) is 7.33.